The van der Waals surface area contributed by atoms with Crippen molar-refractivity contribution in [1.82, 2.24) is 0 Å². The molecule has 1 N–H and O–H groups in total. The molecule has 5 atom stereocenters. The Labute approximate surface area is 132 Å². The second-order valence-corrected chi connectivity index (χ2v) is 7.91. The highest BCUT2D eigenvalue weighted by atomic mass is 16.5. The average molecular weight is 308 g/mol. The van der Waals surface area contributed by atoms with Crippen molar-refractivity contribution >= 4 is 11.9 Å². The van der Waals surface area contributed by atoms with Gasteiger partial charge >= 0.3 is 11.9 Å². The SMILES string of the molecule is C=CCC[C@@H]1[C@H]2C[C@H]2C[C@H]1OC(=O)C[C@H](C(=O)O)C(C)(C)C. The Kier molecular flexibility index (Phi) is 4.98. The van der Waals surface area contributed by atoms with E-state index >= 15 is 0 Å². The van der Waals surface area contributed by atoms with Crippen LogP contribution in [0.4, 0.5) is 0 Å². The summed E-state index contributed by atoms with van der Waals surface area (Å²) in [7, 11) is 0. The average Bonchev–Trinajstić information content (AvgIpc) is 3.07. The van der Waals surface area contributed by atoms with Gasteiger partial charge in [-0.2, -0.15) is 0 Å². The fourth-order valence-corrected chi connectivity index (χ4v) is 3.81. The van der Waals surface area contributed by atoms with Gasteiger partial charge in [0.1, 0.15) is 6.10 Å². The predicted octanol–water partition coefficient (Wildman–Crippen LogP) is 3.66. The second kappa shape index (κ2) is 6.43. The summed E-state index contributed by atoms with van der Waals surface area (Å²) in [5, 5.41) is 9.32. The first kappa shape index (κ1) is 17.0. The standard InChI is InChI=1S/C18H28O4/c1-5-6-7-12-13-8-11(13)9-15(12)22-16(19)10-14(17(20)21)18(2,3)4/h5,11-15H,1,6-10H2,2-4H3,(H,20,21)/t11-,12+,13-,14+,15+/m0/s1. The van der Waals surface area contributed by atoms with Crippen LogP contribution in [0.2, 0.25) is 0 Å². The lowest BCUT2D eigenvalue weighted by Gasteiger charge is -2.28. The van der Waals surface area contributed by atoms with Crippen molar-refractivity contribution in [2.24, 2.45) is 29.1 Å². The highest BCUT2D eigenvalue weighted by Crippen LogP contribution is 2.57. The van der Waals surface area contributed by atoms with E-state index in [2.05, 4.69) is 6.58 Å². The molecule has 4 nitrogen and oxygen atoms in total. The molecular weight excluding hydrogens is 280 g/mol. The minimum absolute atomic E-state index is 0.0226. The van der Waals surface area contributed by atoms with E-state index in [1.807, 2.05) is 26.8 Å². The van der Waals surface area contributed by atoms with Gasteiger partial charge in [0.15, 0.2) is 0 Å². The number of allylic oxidation sites excluding steroid dienone is 1. The molecule has 0 bridgehead atoms. The van der Waals surface area contributed by atoms with Crippen LogP contribution in [0.25, 0.3) is 0 Å². The highest BCUT2D eigenvalue weighted by Gasteiger charge is 2.54. The third kappa shape index (κ3) is 3.90. The first-order valence-corrected chi connectivity index (χ1v) is 8.27. The summed E-state index contributed by atoms with van der Waals surface area (Å²) in [4.78, 5) is 23.6. The van der Waals surface area contributed by atoms with Crippen molar-refractivity contribution in [3.8, 4) is 0 Å². The van der Waals surface area contributed by atoms with Gasteiger partial charge in [-0.1, -0.05) is 26.8 Å². The molecule has 0 aliphatic heterocycles. The van der Waals surface area contributed by atoms with Crippen LogP contribution in [0.15, 0.2) is 12.7 Å². The quantitative estimate of drug-likeness (QED) is 0.576. The Morgan fingerprint density at radius 2 is 2.05 bits per heavy atom. The lowest BCUT2D eigenvalue weighted by atomic mass is 9.79. The summed E-state index contributed by atoms with van der Waals surface area (Å²) < 4.78 is 5.66. The summed E-state index contributed by atoms with van der Waals surface area (Å²) >= 11 is 0. The largest absolute Gasteiger partial charge is 0.481 e. The van der Waals surface area contributed by atoms with E-state index in [1.54, 1.807) is 0 Å². The van der Waals surface area contributed by atoms with Crippen LogP contribution in [0.1, 0.15) is 52.9 Å². The van der Waals surface area contributed by atoms with E-state index < -0.39 is 17.3 Å². The van der Waals surface area contributed by atoms with Gasteiger partial charge in [0, 0.05) is 0 Å². The maximum absolute atomic E-state index is 12.2. The first-order valence-electron chi connectivity index (χ1n) is 8.27. The molecular formula is C18H28O4. The van der Waals surface area contributed by atoms with Crippen LogP contribution in [0, 0.1) is 29.1 Å². The molecule has 4 heteroatoms. The van der Waals surface area contributed by atoms with Gasteiger partial charge in [-0.3, -0.25) is 9.59 Å². The van der Waals surface area contributed by atoms with Crippen LogP contribution in [0.5, 0.6) is 0 Å². The van der Waals surface area contributed by atoms with Gasteiger partial charge in [-0.25, -0.2) is 0 Å². The number of ether oxygens (including phenoxy) is 1. The molecule has 0 spiro atoms. The Morgan fingerprint density at radius 3 is 2.59 bits per heavy atom. The predicted molar refractivity (Wildman–Crippen MR) is 84.2 cm³/mol. The molecule has 0 aromatic carbocycles. The molecule has 2 fully saturated rings. The molecule has 0 aromatic heterocycles. The zero-order valence-electron chi connectivity index (χ0n) is 13.9. The Balaban J connectivity index is 1.91. The molecule has 124 valence electrons. The molecule has 2 aliphatic rings. The lowest BCUT2D eigenvalue weighted by Crippen LogP contribution is -2.33. The van der Waals surface area contributed by atoms with Crippen LogP contribution in [0.3, 0.4) is 0 Å². The monoisotopic (exact) mass is 308 g/mol. The Bertz CT molecular complexity index is 448. The normalized spacial score (nSPS) is 31.2. The number of esters is 1. The van der Waals surface area contributed by atoms with Crippen LogP contribution in [-0.2, 0) is 14.3 Å². The second-order valence-electron chi connectivity index (χ2n) is 7.91. The maximum atomic E-state index is 12.2. The smallest absolute Gasteiger partial charge is 0.307 e. The van der Waals surface area contributed by atoms with Gasteiger partial charge in [-0.05, 0) is 48.9 Å². The zero-order valence-corrected chi connectivity index (χ0v) is 13.9. The summed E-state index contributed by atoms with van der Waals surface area (Å²) in [5.74, 6) is -0.146. The first-order chi connectivity index (χ1) is 10.2. The molecule has 0 saturated heterocycles. The van der Waals surface area contributed by atoms with Crippen LogP contribution < -0.4 is 0 Å². The van der Waals surface area contributed by atoms with Gasteiger partial charge in [-0.15, -0.1) is 6.58 Å². The zero-order chi connectivity index (χ0) is 16.5. The minimum atomic E-state index is -0.929. The molecule has 0 aromatic rings. The number of carbonyl (C=O) groups is 2. The van der Waals surface area contributed by atoms with Gasteiger partial charge < -0.3 is 9.84 Å². The molecule has 22 heavy (non-hydrogen) atoms. The molecule has 2 rings (SSSR count). The minimum Gasteiger partial charge on any atom is -0.481 e. The summed E-state index contributed by atoms with van der Waals surface area (Å²) in [6, 6.07) is 0. The van der Waals surface area contributed by atoms with E-state index in [1.165, 1.54) is 6.42 Å². The summed E-state index contributed by atoms with van der Waals surface area (Å²) in [5.41, 5.74) is -0.453. The van der Waals surface area contributed by atoms with E-state index in [0.717, 1.165) is 19.3 Å². The molecule has 2 saturated carbocycles. The summed E-state index contributed by atoms with van der Waals surface area (Å²) in [6.45, 7) is 9.29. The maximum Gasteiger partial charge on any atom is 0.307 e. The van der Waals surface area contributed by atoms with Crippen molar-refractivity contribution < 1.29 is 19.4 Å². The fourth-order valence-electron chi connectivity index (χ4n) is 3.81. The topological polar surface area (TPSA) is 63.6 Å². The number of carbonyl (C=O) groups excluding carboxylic acids is 1. The van der Waals surface area contributed by atoms with E-state index in [-0.39, 0.29) is 18.5 Å². The number of aliphatic carboxylic acids is 1. The Morgan fingerprint density at radius 1 is 1.36 bits per heavy atom. The molecule has 0 heterocycles. The number of carboxylic acid groups (broad SMARTS) is 1. The van der Waals surface area contributed by atoms with Crippen molar-refractivity contribution in [1.29, 1.82) is 0 Å². The lowest BCUT2D eigenvalue weighted by molar-refractivity contribution is -0.160. The third-order valence-electron chi connectivity index (χ3n) is 5.24. The van der Waals surface area contributed by atoms with E-state index in [4.69, 9.17) is 4.74 Å². The van der Waals surface area contributed by atoms with Crippen LogP contribution in [-0.4, -0.2) is 23.1 Å². The molecule has 0 unspecified atom stereocenters. The number of hydrogen-bond donors (Lipinski definition) is 1. The number of rotatable bonds is 7. The van der Waals surface area contributed by atoms with Gasteiger partial charge in [0.2, 0.25) is 0 Å². The highest BCUT2D eigenvalue weighted by molar-refractivity contribution is 5.79. The van der Waals surface area contributed by atoms with Crippen molar-refractivity contribution in [2.45, 2.75) is 59.0 Å². The Hall–Kier alpha value is -1.32. The number of hydrogen-bond acceptors (Lipinski definition) is 3. The molecule has 0 radical (unpaired) electrons. The number of carboxylic acids is 1. The van der Waals surface area contributed by atoms with Gasteiger partial charge in [0.05, 0.1) is 12.3 Å². The van der Waals surface area contributed by atoms with E-state index in [0.29, 0.717) is 17.8 Å². The van der Waals surface area contributed by atoms with E-state index in [9.17, 15) is 14.7 Å². The number of fused-ring (bicyclic) bond motifs is 1. The fraction of sp³-hybridized carbons (Fsp3) is 0.778. The molecule has 0 amide bonds. The van der Waals surface area contributed by atoms with Crippen molar-refractivity contribution in [3.63, 3.8) is 0 Å². The third-order valence-corrected chi connectivity index (χ3v) is 5.24. The van der Waals surface area contributed by atoms with Crippen molar-refractivity contribution in [2.75, 3.05) is 0 Å². The molecule has 2 aliphatic carbocycles. The summed E-state index contributed by atoms with van der Waals surface area (Å²) in [6.07, 6.45) is 6.02. The van der Waals surface area contributed by atoms with Crippen LogP contribution >= 0.6 is 0 Å². The van der Waals surface area contributed by atoms with Crippen molar-refractivity contribution in [3.05, 3.63) is 12.7 Å². The van der Waals surface area contributed by atoms with Gasteiger partial charge in [0.25, 0.3) is 0 Å².